The second kappa shape index (κ2) is 8.15. The number of imide groups is 1. The van der Waals surface area contributed by atoms with Gasteiger partial charge in [-0.3, -0.25) is 19.5 Å². The largest absolute Gasteiger partial charge is 0.366 e. The van der Waals surface area contributed by atoms with Gasteiger partial charge < -0.3 is 10.2 Å². The van der Waals surface area contributed by atoms with Crippen molar-refractivity contribution in [2.75, 3.05) is 24.5 Å². The number of hydrogen-bond acceptors (Lipinski definition) is 6. The molecule has 0 unspecified atom stereocenters. The van der Waals surface area contributed by atoms with Crippen molar-refractivity contribution in [3.05, 3.63) is 58.1 Å². The molecule has 7 rings (SSSR count). The number of rotatable bonds is 4. The van der Waals surface area contributed by atoms with Gasteiger partial charge in [0.05, 0.1) is 16.8 Å². The van der Waals surface area contributed by atoms with Crippen LogP contribution < -0.4 is 10.2 Å². The van der Waals surface area contributed by atoms with E-state index in [2.05, 4.69) is 45.6 Å². The summed E-state index contributed by atoms with van der Waals surface area (Å²) < 4.78 is 1.07. The number of benzene rings is 1. The maximum absolute atomic E-state index is 12.2. The van der Waals surface area contributed by atoms with Crippen LogP contribution in [-0.2, 0) is 16.1 Å². The Hall–Kier alpha value is -2.74. The molecule has 2 amide bonds. The first-order valence-corrected chi connectivity index (χ1v) is 13.5. The Balaban J connectivity index is 1.37. The number of halogens is 1. The predicted octanol–water partition coefficient (Wildman–Crippen LogP) is 4.72. The fraction of sp³-hybridized carbons (Fsp3) is 0.370. The van der Waals surface area contributed by atoms with E-state index in [-0.39, 0.29) is 11.8 Å². The van der Waals surface area contributed by atoms with Crippen LogP contribution in [-0.4, -0.2) is 47.4 Å². The van der Waals surface area contributed by atoms with Gasteiger partial charge in [0.15, 0.2) is 0 Å². The van der Waals surface area contributed by atoms with Crippen molar-refractivity contribution in [2.24, 2.45) is 5.92 Å². The third-order valence-corrected chi connectivity index (χ3v) is 9.24. The van der Waals surface area contributed by atoms with Gasteiger partial charge in [-0.25, -0.2) is 0 Å². The van der Waals surface area contributed by atoms with E-state index in [0.717, 1.165) is 57.3 Å². The highest BCUT2D eigenvalue weighted by atomic mass is 35.5. The number of carbonyl (C=O) groups excluding carboxylic acids is 2. The predicted molar refractivity (Wildman–Crippen MR) is 139 cm³/mol. The third kappa shape index (κ3) is 3.44. The number of nitrogens with zero attached hydrogens (tertiary/aromatic N) is 3. The number of allylic oxidation sites excluding steroid dienone is 1. The Morgan fingerprint density at radius 1 is 1.11 bits per heavy atom. The van der Waals surface area contributed by atoms with Crippen molar-refractivity contribution in [3.8, 4) is 11.1 Å². The molecule has 0 bridgehead atoms. The molecule has 3 atom stereocenters. The maximum Gasteiger partial charge on any atom is 0.230 e. The lowest BCUT2D eigenvalue weighted by Crippen LogP contribution is -2.46. The second-order valence-corrected chi connectivity index (χ2v) is 11.5. The molecule has 0 spiro atoms. The molecule has 2 fully saturated rings. The lowest BCUT2D eigenvalue weighted by atomic mass is 9.72. The van der Waals surface area contributed by atoms with Crippen LogP contribution in [0.1, 0.15) is 35.6 Å². The summed E-state index contributed by atoms with van der Waals surface area (Å²) in [6, 6.07) is 8.81. The highest BCUT2D eigenvalue weighted by Gasteiger charge is 2.40. The molecule has 0 saturated carbocycles. The molecule has 8 heteroatoms. The van der Waals surface area contributed by atoms with Crippen molar-refractivity contribution in [2.45, 2.75) is 37.8 Å². The molecule has 4 aliphatic rings. The van der Waals surface area contributed by atoms with Gasteiger partial charge in [0.1, 0.15) is 0 Å². The van der Waals surface area contributed by atoms with E-state index in [4.69, 9.17) is 11.6 Å². The average molecular weight is 505 g/mol. The molecule has 35 heavy (non-hydrogen) atoms. The minimum absolute atomic E-state index is 0.0894. The molecule has 6 nitrogen and oxygen atoms in total. The molecular weight excluding hydrogens is 480 g/mol. The molecule has 2 aromatic heterocycles. The number of thiophene rings is 1. The summed E-state index contributed by atoms with van der Waals surface area (Å²) >= 11 is 8.35. The number of anilines is 1. The molecule has 5 heterocycles. The standard InChI is InChI=1S/C27H25ClN4O2S/c28-16-9-21-19-2-1-15(19)13-31(17-5-7-29-12-17)26(21)22(10-16)20-6-8-30-23-11-18(35-27(20)23)14-32-24(33)3-4-25(32)34/h1-2,6,8-11,15,17,19,29H,3-5,7,12-14H2/t15-,17+,19-/m0/s1. The fourth-order valence-corrected chi connectivity index (χ4v) is 7.43. The summed E-state index contributed by atoms with van der Waals surface area (Å²) in [7, 11) is 0. The van der Waals surface area contributed by atoms with E-state index in [1.54, 1.807) is 11.3 Å². The van der Waals surface area contributed by atoms with Gasteiger partial charge in [0, 0.05) is 76.7 Å². The van der Waals surface area contributed by atoms with E-state index in [1.165, 1.54) is 16.2 Å². The SMILES string of the molecule is O=C1CCC(=O)N1Cc1cc2nccc(-c3cc(Cl)cc4c3N([C@@H]3CCNC3)C[C@@H]3C=C[C@H]43)c2s1. The Morgan fingerprint density at radius 2 is 1.97 bits per heavy atom. The summed E-state index contributed by atoms with van der Waals surface area (Å²) in [6.45, 7) is 3.39. The first kappa shape index (κ1) is 21.5. The van der Waals surface area contributed by atoms with Crippen molar-refractivity contribution >= 4 is 50.7 Å². The summed E-state index contributed by atoms with van der Waals surface area (Å²) in [6.07, 6.45) is 8.25. The highest BCUT2D eigenvalue weighted by molar-refractivity contribution is 7.19. The molecule has 3 aliphatic heterocycles. The number of fused-ring (bicyclic) bond motifs is 4. The van der Waals surface area contributed by atoms with E-state index in [1.807, 2.05) is 12.3 Å². The number of amides is 2. The van der Waals surface area contributed by atoms with Gasteiger partial charge in [-0.15, -0.1) is 11.3 Å². The van der Waals surface area contributed by atoms with Gasteiger partial charge in [-0.2, -0.15) is 0 Å². The summed E-state index contributed by atoms with van der Waals surface area (Å²) in [5.74, 6) is 0.772. The lowest BCUT2D eigenvalue weighted by Gasteiger charge is -2.46. The second-order valence-electron chi connectivity index (χ2n) is 9.92. The fourth-order valence-electron chi connectivity index (χ4n) is 6.08. The van der Waals surface area contributed by atoms with Crippen LogP contribution in [0.15, 0.2) is 42.6 Å². The number of hydrogen-bond donors (Lipinski definition) is 1. The molecular formula is C27H25ClN4O2S. The molecule has 0 radical (unpaired) electrons. The number of likely N-dealkylation sites (tertiary alicyclic amines) is 1. The van der Waals surface area contributed by atoms with Crippen molar-refractivity contribution in [3.63, 3.8) is 0 Å². The molecule has 178 valence electrons. The Morgan fingerprint density at radius 3 is 2.71 bits per heavy atom. The highest BCUT2D eigenvalue weighted by Crippen LogP contribution is 2.52. The Bertz CT molecular complexity index is 1390. The maximum atomic E-state index is 12.2. The zero-order chi connectivity index (χ0) is 23.7. The monoisotopic (exact) mass is 504 g/mol. The van der Waals surface area contributed by atoms with Crippen LogP contribution in [0.2, 0.25) is 5.02 Å². The van der Waals surface area contributed by atoms with Crippen LogP contribution in [0.4, 0.5) is 5.69 Å². The topological polar surface area (TPSA) is 65.5 Å². The Labute approximate surface area is 212 Å². The minimum Gasteiger partial charge on any atom is -0.366 e. The van der Waals surface area contributed by atoms with Crippen LogP contribution >= 0.6 is 22.9 Å². The lowest BCUT2D eigenvalue weighted by molar-refractivity contribution is -0.138. The molecule has 3 aromatic rings. The van der Waals surface area contributed by atoms with Crippen LogP contribution in [0, 0.1) is 5.92 Å². The number of aromatic nitrogens is 1. The summed E-state index contributed by atoms with van der Waals surface area (Å²) in [5.41, 5.74) is 5.75. The number of carbonyl (C=O) groups is 2. The van der Waals surface area contributed by atoms with Gasteiger partial charge in [0.2, 0.25) is 11.8 Å². The molecule has 1 aromatic carbocycles. The van der Waals surface area contributed by atoms with Crippen LogP contribution in [0.3, 0.4) is 0 Å². The first-order chi connectivity index (χ1) is 17.1. The Kier molecular flexibility index (Phi) is 5.02. The smallest absolute Gasteiger partial charge is 0.230 e. The number of nitrogens with one attached hydrogen (secondary N) is 1. The van der Waals surface area contributed by atoms with E-state index >= 15 is 0 Å². The summed E-state index contributed by atoms with van der Waals surface area (Å²) in [5, 5.41) is 4.29. The zero-order valence-electron chi connectivity index (χ0n) is 19.2. The van der Waals surface area contributed by atoms with Gasteiger partial charge in [-0.1, -0.05) is 23.8 Å². The summed E-state index contributed by atoms with van der Waals surface area (Å²) in [4.78, 5) is 33.9. The van der Waals surface area contributed by atoms with Crippen LogP contribution in [0.25, 0.3) is 21.3 Å². The van der Waals surface area contributed by atoms with Gasteiger partial charge in [-0.05, 0) is 42.8 Å². The van der Waals surface area contributed by atoms with Crippen molar-refractivity contribution in [1.29, 1.82) is 0 Å². The van der Waals surface area contributed by atoms with Crippen molar-refractivity contribution in [1.82, 2.24) is 15.2 Å². The van der Waals surface area contributed by atoms with Crippen LogP contribution in [0.5, 0.6) is 0 Å². The van der Waals surface area contributed by atoms with Crippen molar-refractivity contribution < 1.29 is 9.59 Å². The molecule has 2 saturated heterocycles. The average Bonchev–Trinajstić information content (AvgIpc) is 3.56. The zero-order valence-corrected chi connectivity index (χ0v) is 20.7. The van der Waals surface area contributed by atoms with E-state index in [0.29, 0.717) is 37.3 Å². The minimum atomic E-state index is -0.0894. The third-order valence-electron chi connectivity index (χ3n) is 7.88. The van der Waals surface area contributed by atoms with Gasteiger partial charge >= 0.3 is 0 Å². The van der Waals surface area contributed by atoms with E-state index < -0.39 is 0 Å². The molecule has 1 N–H and O–H groups in total. The quantitative estimate of drug-likeness (QED) is 0.411. The van der Waals surface area contributed by atoms with Gasteiger partial charge in [0.25, 0.3) is 0 Å². The molecule has 1 aliphatic carbocycles. The number of pyridine rings is 1. The normalized spacial score (nSPS) is 25.3. The first-order valence-electron chi connectivity index (χ1n) is 12.3. The van der Waals surface area contributed by atoms with E-state index in [9.17, 15) is 9.59 Å².